The maximum Gasteiger partial charge on any atom is 0.310 e. The van der Waals surface area contributed by atoms with E-state index in [1.807, 2.05) is 31.3 Å². The molecule has 3 rings (SSSR count). The third-order valence-electron chi connectivity index (χ3n) is 6.51. The molecule has 3 N–H and O–H groups in total. The van der Waals surface area contributed by atoms with Crippen LogP contribution in [0.5, 0.6) is 11.5 Å². The first-order valence-corrected chi connectivity index (χ1v) is 13.6. The summed E-state index contributed by atoms with van der Waals surface area (Å²) in [5.74, 6) is 1.61. The maximum atomic E-state index is 12.9. The number of rotatable bonds is 16. The number of ketones is 1. The van der Waals surface area contributed by atoms with Gasteiger partial charge in [-0.05, 0) is 68.7 Å². The fourth-order valence-corrected chi connectivity index (χ4v) is 4.66. The lowest BCUT2D eigenvalue weighted by Gasteiger charge is -2.21. The Labute approximate surface area is 226 Å². The summed E-state index contributed by atoms with van der Waals surface area (Å²) in [5.41, 5.74) is 1.76. The smallest absolute Gasteiger partial charge is 0.310 e. The minimum absolute atomic E-state index is 0.0209. The zero-order chi connectivity index (χ0) is 27.3. The molecule has 8 heteroatoms. The normalized spacial score (nSPS) is 16.5. The van der Waals surface area contributed by atoms with Gasteiger partial charge in [-0.1, -0.05) is 12.1 Å². The summed E-state index contributed by atoms with van der Waals surface area (Å²) >= 11 is 0. The van der Waals surface area contributed by atoms with Crippen molar-refractivity contribution in [3.05, 3.63) is 59.7 Å². The van der Waals surface area contributed by atoms with E-state index in [1.54, 1.807) is 31.4 Å². The SMILES string of the molecule is COCCOc1ccc(C(=O)CCCC(=O)[NH2+]C(Cc2ccc(OC(C)C)cc2)CN2CC[C@H](O)C2)cc1. The molecule has 1 saturated heterocycles. The van der Waals surface area contributed by atoms with Gasteiger partial charge < -0.3 is 19.3 Å². The molecule has 1 amide bonds. The highest BCUT2D eigenvalue weighted by atomic mass is 16.5. The van der Waals surface area contributed by atoms with Crippen LogP contribution in [0.1, 0.15) is 55.5 Å². The predicted octanol–water partition coefficient (Wildman–Crippen LogP) is 2.62. The molecule has 0 aliphatic carbocycles. The molecular weight excluding hydrogens is 484 g/mol. The van der Waals surface area contributed by atoms with E-state index in [4.69, 9.17) is 14.2 Å². The number of carbonyl (C=O) groups is 2. The van der Waals surface area contributed by atoms with Crippen LogP contribution in [0.2, 0.25) is 0 Å². The van der Waals surface area contributed by atoms with E-state index in [2.05, 4.69) is 17.0 Å². The van der Waals surface area contributed by atoms with Crippen molar-refractivity contribution in [2.45, 2.75) is 64.2 Å². The number of amides is 1. The number of aliphatic hydroxyl groups is 1. The number of hydrogen-bond acceptors (Lipinski definition) is 7. The quantitative estimate of drug-likeness (QED) is 0.256. The maximum absolute atomic E-state index is 12.9. The molecule has 2 aromatic rings. The first-order chi connectivity index (χ1) is 18.3. The molecule has 1 aliphatic rings. The lowest BCUT2D eigenvalue weighted by Crippen LogP contribution is -2.95. The molecular formula is C30H43N2O6+. The third kappa shape index (κ3) is 10.5. The number of likely N-dealkylation sites (tertiary alicyclic amines) is 1. The van der Waals surface area contributed by atoms with Gasteiger partial charge in [0.25, 0.3) is 0 Å². The van der Waals surface area contributed by atoms with Gasteiger partial charge in [0.05, 0.1) is 31.8 Å². The van der Waals surface area contributed by atoms with Gasteiger partial charge in [0, 0.05) is 38.6 Å². The second-order valence-corrected chi connectivity index (χ2v) is 10.3. The predicted molar refractivity (Wildman–Crippen MR) is 146 cm³/mol. The summed E-state index contributed by atoms with van der Waals surface area (Å²) in [6.45, 7) is 7.17. The number of methoxy groups -OCH3 is 1. The molecule has 0 radical (unpaired) electrons. The monoisotopic (exact) mass is 527 g/mol. The summed E-state index contributed by atoms with van der Waals surface area (Å²) in [7, 11) is 1.62. The van der Waals surface area contributed by atoms with Crippen LogP contribution in [0.25, 0.3) is 0 Å². The number of β-amino-alcohol motifs (C(OH)–C–C–N with tert-alkyl or cyclic N) is 1. The molecule has 1 heterocycles. The van der Waals surface area contributed by atoms with Crippen LogP contribution in [0, 0.1) is 0 Å². The van der Waals surface area contributed by atoms with E-state index in [9.17, 15) is 14.7 Å². The second-order valence-electron chi connectivity index (χ2n) is 10.3. The van der Waals surface area contributed by atoms with Crippen molar-refractivity contribution in [1.29, 1.82) is 0 Å². The van der Waals surface area contributed by atoms with E-state index < -0.39 is 0 Å². The summed E-state index contributed by atoms with van der Waals surface area (Å²) in [5, 5.41) is 11.8. The lowest BCUT2D eigenvalue weighted by atomic mass is 10.0. The number of quaternary nitrogens is 1. The van der Waals surface area contributed by atoms with E-state index in [1.165, 1.54) is 0 Å². The molecule has 2 atom stereocenters. The summed E-state index contributed by atoms with van der Waals surface area (Å²) in [6, 6.07) is 15.2. The summed E-state index contributed by atoms with van der Waals surface area (Å²) in [6.07, 6.45) is 2.50. The number of carbonyl (C=O) groups excluding carboxylic acids is 2. The highest BCUT2D eigenvalue weighted by Gasteiger charge is 2.26. The molecule has 208 valence electrons. The highest BCUT2D eigenvalue weighted by Crippen LogP contribution is 2.17. The van der Waals surface area contributed by atoms with Crippen molar-refractivity contribution in [3.8, 4) is 11.5 Å². The molecule has 1 unspecified atom stereocenters. The van der Waals surface area contributed by atoms with Crippen molar-refractivity contribution >= 4 is 11.7 Å². The van der Waals surface area contributed by atoms with Gasteiger partial charge in [0.1, 0.15) is 24.1 Å². The number of primary amides is 1. The number of nitrogens with zero attached hydrogens (tertiary/aromatic N) is 1. The molecule has 38 heavy (non-hydrogen) atoms. The molecule has 0 bridgehead atoms. The molecule has 0 aromatic heterocycles. The van der Waals surface area contributed by atoms with Crippen molar-refractivity contribution in [2.75, 3.05) is 40.0 Å². The molecule has 8 nitrogen and oxygen atoms in total. The van der Waals surface area contributed by atoms with Crippen LogP contribution in [-0.2, 0) is 16.0 Å². The van der Waals surface area contributed by atoms with Crippen LogP contribution >= 0.6 is 0 Å². The Balaban J connectivity index is 1.48. The number of aliphatic hydroxyl groups excluding tert-OH is 1. The van der Waals surface area contributed by atoms with Crippen LogP contribution in [0.3, 0.4) is 0 Å². The van der Waals surface area contributed by atoms with E-state index in [0.717, 1.165) is 37.2 Å². The summed E-state index contributed by atoms with van der Waals surface area (Å²) in [4.78, 5) is 27.7. The average Bonchev–Trinajstić information content (AvgIpc) is 3.29. The fourth-order valence-electron chi connectivity index (χ4n) is 4.66. The standard InChI is InChI=1S/C30H42N2O6/c1-22(2)38-28-11-7-23(8-12-28)19-25(20-32-16-15-26(33)21-32)31-30(35)6-4-5-29(34)24-9-13-27(14-10-24)37-18-17-36-3/h7-14,22,25-26,33H,4-6,15-21H2,1-3H3,(H,31,35)/p+1/t25?,26-/m0/s1. The van der Waals surface area contributed by atoms with Crippen molar-refractivity contribution in [2.24, 2.45) is 0 Å². The van der Waals surface area contributed by atoms with Crippen LogP contribution in [0.4, 0.5) is 0 Å². The highest BCUT2D eigenvalue weighted by molar-refractivity contribution is 5.96. The topological polar surface area (TPSA) is 102 Å². The Morgan fingerprint density at radius 2 is 1.74 bits per heavy atom. The van der Waals surface area contributed by atoms with E-state index >= 15 is 0 Å². The number of hydrogen-bond donors (Lipinski definition) is 2. The first kappa shape index (κ1) is 29.8. The van der Waals surface area contributed by atoms with Crippen LogP contribution in [-0.4, -0.2) is 79.9 Å². The van der Waals surface area contributed by atoms with Gasteiger partial charge in [0.2, 0.25) is 0 Å². The van der Waals surface area contributed by atoms with Crippen LogP contribution < -0.4 is 14.8 Å². The van der Waals surface area contributed by atoms with Gasteiger partial charge in [-0.25, -0.2) is 4.79 Å². The Kier molecular flexibility index (Phi) is 12.2. The summed E-state index contributed by atoms with van der Waals surface area (Å²) < 4.78 is 16.3. The molecule has 0 spiro atoms. The number of Topliss-reactive ketones (excluding diaryl/α,β-unsaturated/α-hetero) is 1. The minimum atomic E-state index is -0.296. The third-order valence-corrected chi connectivity index (χ3v) is 6.51. The van der Waals surface area contributed by atoms with Crippen molar-refractivity contribution in [1.82, 2.24) is 4.90 Å². The van der Waals surface area contributed by atoms with Gasteiger partial charge in [0.15, 0.2) is 5.78 Å². The number of nitrogens with two attached hydrogens (primary N) is 1. The molecule has 0 saturated carbocycles. The minimum Gasteiger partial charge on any atom is -0.491 e. The van der Waals surface area contributed by atoms with E-state index in [0.29, 0.717) is 50.3 Å². The zero-order valence-electron chi connectivity index (χ0n) is 22.9. The molecule has 2 aromatic carbocycles. The van der Waals surface area contributed by atoms with Crippen molar-refractivity contribution < 1.29 is 34.2 Å². The van der Waals surface area contributed by atoms with Gasteiger partial charge in [-0.3, -0.25) is 15.0 Å². The zero-order valence-corrected chi connectivity index (χ0v) is 22.9. The average molecular weight is 528 g/mol. The van der Waals surface area contributed by atoms with Crippen LogP contribution in [0.15, 0.2) is 48.5 Å². The molecule has 1 fully saturated rings. The number of ether oxygens (including phenoxy) is 3. The van der Waals surface area contributed by atoms with Gasteiger partial charge in [-0.2, -0.15) is 0 Å². The van der Waals surface area contributed by atoms with E-state index in [-0.39, 0.29) is 29.9 Å². The fraction of sp³-hybridized carbons (Fsp3) is 0.533. The number of benzene rings is 2. The molecule has 1 aliphatic heterocycles. The lowest BCUT2D eigenvalue weighted by molar-refractivity contribution is -0.606. The largest absolute Gasteiger partial charge is 0.491 e. The first-order valence-electron chi connectivity index (χ1n) is 13.6. The Morgan fingerprint density at radius 1 is 1.03 bits per heavy atom. The van der Waals surface area contributed by atoms with Gasteiger partial charge >= 0.3 is 5.91 Å². The second kappa shape index (κ2) is 15.6. The van der Waals surface area contributed by atoms with Crippen molar-refractivity contribution in [3.63, 3.8) is 0 Å². The Hall–Kier alpha value is -2.78. The Bertz CT molecular complexity index is 993. The Morgan fingerprint density at radius 3 is 2.37 bits per heavy atom. The van der Waals surface area contributed by atoms with Gasteiger partial charge in [-0.15, -0.1) is 0 Å².